The maximum atomic E-state index is 12.0. The summed E-state index contributed by atoms with van der Waals surface area (Å²) in [4.78, 5) is 22.7. The van der Waals surface area contributed by atoms with E-state index < -0.39 is 17.5 Å². The smallest absolute Gasteiger partial charge is 0.308 e. The molecular weight excluding hydrogens is 282 g/mol. The largest absolute Gasteiger partial charge is 0.481 e. The van der Waals surface area contributed by atoms with E-state index >= 15 is 0 Å². The number of aliphatic carboxylic acids is 1. The van der Waals surface area contributed by atoms with Crippen molar-refractivity contribution in [1.82, 2.24) is 5.32 Å². The van der Waals surface area contributed by atoms with Crippen LogP contribution in [0.15, 0.2) is 24.3 Å². The molecule has 0 aromatic heterocycles. The maximum Gasteiger partial charge on any atom is 0.308 e. The average Bonchev–Trinajstić information content (AvgIpc) is 2.34. The molecule has 5 nitrogen and oxygen atoms in total. The third kappa shape index (κ3) is 4.74. The van der Waals surface area contributed by atoms with E-state index in [1.54, 1.807) is 38.1 Å². The van der Waals surface area contributed by atoms with Gasteiger partial charge in [-0.1, -0.05) is 24.6 Å². The average molecular weight is 300 g/mol. The van der Waals surface area contributed by atoms with Gasteiger partial charge < -0.3 is 15.2 Å². The molecule has 6 heteroatoms. The Morgan fingerprint density at radius 2 is 2.10 bits per heavy atom. The molecule has 0 saturated carbocycles. The fraction of sp³-hybridized carbons (Fsp3) is 0.429. The van der Waals surface area contributed by atoms with Crippen LogP contribution in [0, 0.1) is 5.92 Å². The standard InChI is InChI=1S/C14H18ClNO4/c1-9(12(17)18)8-16-13(19)14(2,3)20-11-6-4-5-10(15)7-11/h4-7,9H,8H2,1-3H3,(H,16,19)(H,17,18). The van der Waals surface area contributed by atoms with Crippen molar-refractivity contribution in [2.45, 2.75) is 26.4 Å². The van der Waals surface area contributed by atoms with Gasteiger partial charge in [0.25, 0.3) is 5.91 Å². The van der Waals surface area contributed by atoms with E-state index in [0.717, 1.165) is 0 Å². The predicted molar refractivity (Wildman–Crippen MR) is 76.0 cm³/mol. The van der Waals surface area contributed by atoms with E-state index in [0.29, 0.717) is 10.8 Å². The summed E-state index contributed by atoms with van der Waals surface area (Å²) in [6.45, 7) is 4.79. The number of amides is 1. The van der Waals surface area contributed by atoms with Gasteiger partial charge in [-0.05, 0) is 32.0 Å². The number of hydrogen-bond donors (Lipinski definition) is 2. The van der Waals surface area contributed by atoms with E-state index in [2.05, 4.69) is 5.32 Å². The molecule has 1 aromatic carbocycles. The highest BCUT2D eigenvalue weighted by Gasteiger charge is 2.30. The van der Waals surface area contributed by atoms with Gasteiger partial charge in [-0.25, -0.2) is 0 Å². The van der Waals surface area contributed by atoms with Crippen molar-refractivity contribution >= 4 is 23.5 Å². The summed E-state index contributed by atoms with van der Waals surface area (Å²) in [6.07, 6.45) is 0. The van der Waals surface area contributed by atoms with Gasteiger partial charge in [-0.15, -0.1) is 0 Å². The Balaban J connectivity index is 2.63. The van der Waals surface area contributed by atoms with E-state index in [1.165, 1.54) is 6.92 Å². The zero-order valence-corrected chi connectivity index (χ0v) is 12.4. The third-order valence-corrected chi connectivity index (χ3v) is 2.94. The van der Waals surface area contributed by atoms with Gasteiger partial charge in [-0.2, -0.15) is 0 Å². The Morgan fingerprint density at radius 1 is 1.45 bits per heavy atom. The molecule has 0 spiro atoms. The summed E-state index contributed by atoms with van der Waals surface area (Å²) in [5, 5.41) is 11.8. The lowest BCUT2D eigenvalue weighted by molar-refractivity contribution is -0.141. The van der Waals surface area contributed by atoms with Gasteiger partial charge in [0.1, 0.15) is 5.75 Å². The molecule has 1 unspecified atom stereocenters. The molecular formula is C14H18ClNO4. The van der Waals surface area contributed by atoms with Crippen molar-refractivity contribution < 1.29 is 19.4 Å². The normalized spacial score (nSPS) is 12.6. The number of carboxylic acids is 1. The van der Waals surface area contributed by atoms with Crippen LogP contribution in [0.3, 0.4) is 0 Å². The van der Waals surface area contributed by atoms with Gasteiger partial charge in [0.05, 0.1) is 5.92 Å². The van der Waals surface area contributed by atoms with Crippen LogP contribution in [-0.4, -0.2) is 29.1 Å². The molecule has 20 heavy (non-hydrogen) atoms. The predicted octanol–water partition coefficient (Wildman–Crippen LogP) is 2.33. The molecule has 0 bridgehead atoms. The second-order valence-electron chi connectivity index (χ2n) is 5.02. The van der Waals surface area contributed by atoms with E-state index in [1.807, 2.05) is 0 Å². The molecule has 1 aromatic rings. The fourth-order valence-corrected chi connectivity index (χ4v) is 1.60. The van der Waals surface area contributed by atoms with Crippen molar-refractivity contribution in [3.63, 3.8) is 0 Å². The number of nitrogens with one attached hydrogen (secondary N) is 1. The molecule has 0 aliphatic rings. The molecule has 0 saturated heterocycles. The van der Waals surface area contributed by atoms with Crippen molar-refractivity contribution in [1.29, 1.82) is 0 Å². The van der Waals surface area contributed by atoms with Crippen molar-refractivity contribution in [3.05, 3.63) is 29.3 Å². The number of carboxylic acid groups (broad SMARTS) is 1. The zero-order valence-electron chi connectivity index (χ0n) is 11.6. The number of benzene rings is 1. The van der Waals surface area contributed by atoms with Gasteiger partial charge in [-0.3, -0.25) is 9.59 Å². The Labute approximate surface area is 122 Å². The second-order valence-corrected chi connectivity index (χ2v) is 5.46. The minimum Gasteiger partial charge on any atom is -0.481 e. The van der Waals surface area contributed by atoms with Crippen LogP contribution in [0.1, 0.15) is 20.8 Å². The highest BCUT2D eigenvalue weighted by Crippen LogP contribution is 2.22. The summed E-state index contributed by atoms with van der Waals surface area (Å²) < 4.78 is 5.59. The van der Waals surface area contributed by atoms with E-state index in [9.17, 15) is 9.59 Å². The molecule has 1 amide bonds. The minimum atomic E-state index is -1.12. The fourth-order valence-electron chi connectivity index (χ4n) is 1.42. The number of hydrogen-bond acceptors (Lipinski definition) is 3. The van der Waals surface area contributed by atoms with Crippen LogP contribution in [0.5, 0.6) is 5.75 Å². The molecule has 0 heterocycles. The Kier molecular flexibility index (Phi) is 5.39. The first-order chi connectivity index (χ1) is 9.22. The summed E-state index contributed by atoms with van der Waals surface area (Å²) in [5.41, 5.74) is -1.12. The quantitative estimate of drug-likeness (QED) is 0.845. The topological polar surface area (TPSA) is 75.6 Å². The number of ether oxygens (including phenoxy) is 1. The zero-order chi connectivity index (χ0) is 15.3. The van der Waals surface area contributed by atoms with Crippen LogP contribution >= 0.6 is 11.6 Å². The van der Waals surface area contributed by atoms with Crippen molar-refractivity contribution in [2.24, 2.45) is 5.92 Å². The van der Waals surface area contributed by atoms with Crippen molar-refractivity contribution in [3.8, 4) is 5.75 Å². The Morgan fingerprint density at radius 3 is 2.65 bits per heavy atom. The first kappa shape index (κ1) is 16.3. The minimum absolute atomic E-state index is 0.0521. The first-order valence-electron chi connectivity index (χ1n) is 6.18. The highest BCUT2D eigenvalue weighted by atomic mass is 35.5. The summed E-state index contributed by atoms with van der Waals surface area (Å²) in [7, 11) is 0. The molecule has 0 radical (unpaired) electrons. The molecule has 1 atom stereocenters. The van der Waals surface area contributed by atoms with Crippen LogP contribution in [-0.2, 0) is 9.59 Å². The lowest BCUT2D eigenvalue weighted by Gasteiger charge is -2.25. The Hall–Kier alpha value is -1.75. The monoisotopic (exact) mass is 299 g/mol. The number of carbonyl (C=O) groups is 2. The SMILES string of the molecule is CC(CNC(=O)C(C)(C)Oc1cccc(Cl)c1)C(=O)O. The van der Waals surface area contributed by atoms with Crippen LogP contribution in [0.25, 0.3) is 0 Å². The molecule has 0 fully saturated rings. The van der Waals surface area contributed by atoms with Crippen LogP contribution < -0.4 is 10.1 Å². The van der Waals surface area contributed by atoms with Gasteiger partial charge in [0, 0.05) is 11.6 Å². The van der Waals surface area contributed by atoms with Crippen molar-refractivity contribution in [2.75, 3.05) is 6.54 Å². The molecule has 110 valence electrons. The second kappa shape index (κ2) is 6.61. The number of halogens is 1. The van der Waals surface area contributed by atoms with Crippen LogP contribution in [0.4, 0.5) is 0 Å². The van der Waals surface area contributed by atoms with Gasteiger partial charge in [0.2, 0.25) is 0 Å². The summed E-state index contributed by atoms with van der Waals surface area (Å²) in [6, 6.07) is 6.73. The number of rotatable bonds is 6. The summed E-state index contributed by atoms with van der Waals surface area (Å²) in [5.74, 6) is -1.52. The van der Waals surface area contributed by atoms with Gasteiger partial charge in [0.15, 0.2) is 5.60 Å². The lowest BCUT2D eigenvalue weighted by Crippen LogP contribution is -2.48. The highest BCUT2D eigenvalue weighted by molar-refractivity contribution is 6.30. The molecule has 0 aliphatic heterocycles. The molecule has 1 rings (SSSR count). The van der Waals surface area contributed by atoms with E-state index in [4.69, 9.17) is 21.4 Å². The maximum absolute atomic E-state index is 12.0. The van der Waals surface area contributed by atoms with Crippen LogP contribution in [0.2, 0.25) is 5.02 Å². The molecule has 0 aliphatic carbocycles. The van der Waals surface area contributed by atoms with E-state index in [-0.39, 0.29) is 12.5 Å². The first-order valence-corrected chi connectivity index (χ1v) is 6.56. The Bertz CT molecular complexity index is 502. The lowest BCUT2D eigenvalue weighted by atomic mass is 10.1. The summed E-state index contributed by atoms with van der Waals surface area (Å²) >= 11 is 5.85. The third-order valence-electron chi connectivity index (χ3n) is 2.71. The number of carbonyl (C=O) groups excluding carboxylic acids is 1. The molecule has 2 N–H and O–H groups in total. The van der Waals surface area contributed by atoms with Gasteiger partial charge >= 0.3 is 5.97 Å².